The summed E-state index contributed by atoms with van der Waals surface area (Å²) in [5.41, 5.74) is 1.30. The number of hydrogen-bond acceptors (Lipinski definition) is 3. The lowest BCUT2D eigenvalue weighted by molar-refractivity contribution is 0.216. The van der Waals surface area contributed by atoms with Gasteiger partial charge in [0.05, 0.1) is 13.2 Å². The Hall–Kier alpha value is -1.22. The zero-order valence-corrected chi connectivity index (χ0v) is 13.0. The maximum Gasteiger partial charge on any atom is 0.122 e. The zero-order valence-electron chi connectivity index (χ0n) is 13.0. The predicted octanol–water partition coefficient (Wildman–Crippen LogP) is 3.66. The maximum absolute atomic E-state index is 5.89. The van der Waals surface area contributed by atoms with E-state index < -0.39 is 0 Å². The highest BCUT2D eigenvalue weighted by Gasteiger charge is 2.11. The van der Waals surface area contributed by atoms with Crippen molar-refractivity contribution in [1.29, 1.82) is 0 Å². The zero-order chi connectivity index (χ0) is 14.3. The molecule has 2 aliphatic heterocycles. The number of likely N-dealkylation sites (tertiary alicyclic amines) is 1. The Morgan fingerprint density at radius 2 is 1.95 bits per heavy atom. The molecule has 1 aromatic rings. The Morgan fingerprint density at radius 3 is 2.86 bits per heavy atom. The van der Waals surface area contributed by atoms with Gasteiger partial charge in [-0.2, -0.15) is 0 Å². The van der Waals surface area contributed by atoms with Crippen LogP contribution in [0.25, 0.3) is 0 Å². The second-order valence-electron chi connectivity index (χ2n) is 6.18. The van der Waals surface area contributed by atoms with Gasteiger partial charge in [-0.25, -0.2) is 0 Å². The van der Waals surface area contributed by atoms with E-state index in [2.05, 4.69) is 17.0 Å². The Balaban J connectivity index is 1.35. The van der Waals surface area contributed by atoms with Crippen molar-refractivity contribution in [2.45, 2.75) is 44.9 Å². The number of benzene rings is 1. The van der Waals surface area contributed by atoms with E-state index in [1.807, 2.05) is 6.07 Å². The molecule has 0 aromatic heterocycles. The third-order valence-corrected chi connectivity index (χ3v) is 4.47. The fraction of sp³-hybridized carbons (Fsp3) is 0.667. The van der Waals surface area contributed by atoms with Crippen molar-refractivity contribution >= 4 is 0 Å². The summed E-state index contributed by atoms with van der Waals surface area (Å²) in [5.74, 6) is 2.04. The minimum atomic E-state index is 0.827. The molecule has 0 N–H and O–H groups in total. The molecule has 3 rings (SSSR count). The van der Waals surface area contributed by atoms with Crippen LogP contribution >= 0.6 is 0 Å². The number of ether oxygens (including phenoxy) is 2. The van der Waals surface area contributed by atoms with Crippen molar-refractivity contribution in [2.75, 3.05) is 32.8 Å². The van der Waals surface area contributed by atoms with Gasteiger partial charge in [-0.1, -0.05) is 6.42 Å². The monoisotopic (exact) mass is 289 g/mol. The molecule has 0 spiro atoms. The molecule has 116 valence electrons. The molecule has 1 fully saturated rings. The van der Waals surface area contributed by atoms with E-state index in [4.69, 9.17) is 9.47 Å². The Morgan fingerprint density at radius 1 is 1.05 bits per heavy atom. The molecule has 1 saturated heterocycles. The van der Waals surface area contributed by atoms with Gasteiger partial charge in [-0.15, -0.1) is 0 Å². The summed E-state index contributed by atoms with van der Waals surface area (Å²) in [7, 11) is 0. The molecule has 2 heterocycles. The van der Waals surface area contributed by atoms with E-state index in [9.17, 15) is 0 Å². The fourth-order valence-electron chi connectivity index (χ4n) is 3.24. The van der Waals surface area contributed by atoms with Crippen LogP contribution in [0.2, 0.25) is 0 Å². The molecule has 0 aliphatic carbocycles. The van der Waals surface area contributed by atoms with Gasteiger partial charge in [-0.05, 0) is 81.9 Å². The van der Waals surface area contributed by atoms with Gasteiger partial charge in [-0.3, -0.25) is 0 Å². The van der Waals surface area contributed by atoms with Gasteiger partial charge in [0, 0.05) is 0 Å². The van der Waals surface area contributed by atoms with E-state index >= 15 is 0 Å². The van der Waals surface area contributed by atoms with Gasteiger partial charge in [0.25, 0.3) is 0 Å². The molecule has 0 unspecified atom stereocenters. The molecule has 2 aliphatic rings. The summed E-state index contributed by atoms with van der Waals surface area (Å²) >= 11 is 0. The number of rotatable bonds is 6. The van der Waals surface area contributed by atoms with Crippen LogP contribution in [0.15, 0.2) is 18.2 Å². The SMILES string of the molecule is c1cc2c(cc1OCCCCN1CCCCC1)CCCO2. The van der Waals surface area contributed by atoms with Crippen LogP contribution < -0.4 is 9.47 Å². The van der Waals surface area contributed by atoms with Crippen LogP contribution in [-0.2, 0) is 6.42 Å². The number of unbranched alkanes of at least 4 members (excludes halogenated alkanes) is 1. The van der Waals surface area contributed by atoms with Crippen molar-refractivity contribution in [1.82, 2.24) is 4.90 Å². The van der Waals surface area contributed by atoms with E-state index in [0.717, 1.165) is 44.0 Å². The maximum atomic E-state index is 5.89. The summed E-state index contributed by atoms with van der Waals surface area (Å²) in [6, 6.07) is 6.24. The Labute approximate surface area is 128 Å². The Kier molecular flexibility index (Phi) is 5.39. The number of nitrogens with zero attached hydrogens (tertiary/aromatic N) is 1. The second kappa shape index (κ2) is 7.69. The van der Waals surface area contributed by atoms with Crippen molar-refractivity contribution in [2.24, 2.45) is 0 Å². The molecule has 0 bridgehead atoms. The highest BCUT2D eigenvalue weighted by atomic mass is 16.5. The van der Waals surface area contributed by atoms with Gasteiger partial charge in [0.1, 0.15) is 11.5 Å². The average molecular weight is 289 g/mol. The number of aryl methyl sites for hydroxylation is 1. The fourth-order valence-corrected chi connectivity index (χ4v) is 3.24. The quantitative estimate of drug-likeness (QED) is 0.746. The lowest BCUT2D eigenvalue weighted by atomic mass is 10.1. The van der Waals surface area contributed by atoms with Crippen molar-refractivity contribution in [3.8, 4) is 11.5 Å². The lowest BCUT2D eigenvalue weighted by Gasteiger charge is -2.26. The molecule has 1 aromatic carbocycles. The molecule has 3 heteroatoms. The predicted molar refractivity (Wildman–Crippen MR) is 85.3 cm³/mol. The third-order valence-electron chi connectivity index (χ3n) is 4.47. The normalized spacial score (nSPS) is 18.9. The van der Waals surface area contributed by atoms with Crippen molar-refractivity contribution in [3.05, 3.63) is 23.8 Å². The summed E-state index contributed by atoms with van der Waals surface area (Å²) in [4.78, 5) is 2.60. The van der Waals surface area contributed by atoms with Gasteiger partial charge in [0.15, 0.2) is 0 Å². The third kappa shape index (κ3) is 4.37. The summed E-state index contributed by atoms with van der Waals surface area (Å²) in [6.07, 6.45) is 8.80. The first kappa shape index (κ1) is 14.7. The molecular weight excluding hydrogens is 262 g/mol. The van der Waals surface area contributed by atoms with E-state index in [-0.39, 0.29) is 0 Å². The molecule has 0 atom stereocenters. The van der Waals surface area contributed by atoms with E-state index in [1.54, 1.807) is 0 Å². The van der Waals surface area contributed by atoms with Gasteiger partial charge < -0.3 is 14.4 Å². The molecule has 0 radical (unpaired) electrons. The highest BCUT2D eigenvalue weighted by molar-refractivity contribution is 5.41. The second-order valence-corrected chi connectivity index (χ2v) is 6.18. The van der Waals surface area contributed by atoms with Crippen LogP contribution in [0, 0.1) is 0 Å². The highest BCUT2D eigenvalue weighted by Crippen LogP contribution is 2.28. The van der Waals surface area contributed by atoms with Crippen LogP contribution in [0.1, 0.15) is 44.1 Å². The minimum absolute atomic E-state index is 0.827. The molecule has 0 amide bonds. The summed E-state index contributed by atoms with van der Waals surface area (Å²) in [5, 5.41) is 0. The van der Waals surface area contributed by atoms with Crippen molar-refractivity contribution < 1.29 is 9.47 Å². The van der Waals surface area contributed by atoms with Crippen LogP contribution in [-0.4, -0.2) is 37.7 Å². The Bertz CT molecular complexity index is 441. The first-order chi connectivity index (χ1) is 10.4. The number of fused-ring (bicyclic) bond motifs is 1. The first-order valence-electron chi connectivity index (χ1n) is 8.53. The van der Waals surface area contributed by atoms with Gasteiger partial charge >= 0.3 is 0 Å². The smallest absolute Gasteiger partial charge is 0.122 e. The van der Waals surface area contributed by atoms with Crippen LogP contribution in [0.3, 0.4) is 0 Å². The van der Waals surface area contributed by atoms with E-state index in [1.165, 1.54) is 50.9 Å². The number of hydrogen-bond donors (Lipinski definition) is 0. The lowest BCUT2D eigenvalue weighted by Crippen LogP contribution is -2.30. The first-order valence-corrected chi connectivity index (χ1v) is 8.53. The van der Waals surface area contributed by atoms with Crippen molar-refractivity contribution in [3.63, 3.8) is 0 Å². The minimum Gasteiger partial charge on any atom is -0.494 e. The standard InChI is InChI=1S/C18H27NO2/c1-2-10-19(11-3-1)12-4-5-13-20-17-8-9-18-16(15-17)7-6-14-21-18/h8-9,15H,1-7,10-14H2. The number of piperidine rings is 1. The summed E-state index contributed by atoms with van der Waals surface area (Å²) < 4.78 is 11.5. The molecule has 21 heavy (non-hydrogen) atoms. The average Bonchev–Trinajstić information content (AvgIpc) is 2.55. The van der Waals surface area contributed by atoms with Crippen LogP contribution in [0.4, 0.5) is 0 Å². The van der Waals surface area contributed by atoms with E-state index in [0.29, 0.717) is 0 Å². The molecule has 0 saturated carbocycles. The molecule has 3 nitrogen and oxygen atoms in total. The largest absolute Gasteiger partial charge is 0.494 e. The topological polar surface area (TPSA) is 21.7 Å². The van der Waals surface area contributed by atoms with Gasteiger partial charge in [0.2, 0.25) is 0 Å². The summed E-state index contributed by atoms with van der Waals surface area (Å²) in [6.45, 7) is 5.51. The van der Waals surface area contributed by atoms with Crippen LogP contribution in [0.5, 0.6) is 11.5 Å². The molecular formula is C18H27NO2.